The summed E-state index contributed by atoms with van der Waals surface area (Å²) in [6.45, 7) is 0. The van der Waals surface area contributed by atoms with Crippen LogP contribution in [0.25, 0.3) is 10.1 Å². The van der Waals surface area contributed by atoms with Crippen molar-refractivity contribution in [1.29, 1.82) is 0 Å². The van der Waals surface area contributed by atoms with Crippen molar-refractivity contribution in [3.05, 3.63) is 65.5 Å². The summed E-state index contributed by atoms with van der Waals surface area (Å²) in [6.07, 6.45) is 0. The zero-order chi connectivity index (χ0) is 26.7. The normalized spacial score (nSPS) is 11.2. The first-order valence-corrected chi connectivity index (χ1v) is 13.3. The predicted octanol–water partition coefficient (Wildman–Crippen LogP) is 5.01. The van der Waals surface area contributed by atoms with Gasteiger partial charge in [-0.05, 0) is 53.9 Å². The van der Waals surface area contributed by atoms with Crippen LogP contribution in [0.5, 0.6) is 23.0 Å². The number of ether oxygens (including phenoxy) is 4. The Morgan fingerprint density at radius 1 is 0.811 bits per heavy atom. The first-order chi connectivity index (χ1) is 17.7. The second kappa shape index (κ2) is 10.6. The van der Waals surface area contributed by atoms with Crippen LogP contribution in [0.3, 0.4) is 0 Å². The molecule has 1 aromatic heterocycles. The van der Waals surface area contributed by atoms with E-state index >= 15 is 0 Å². The number of amides is 1. The van der Waals surface area contributed by atoms with E-state index < -0.39 is 10.0 Å². The number of fused-ring (bicyclic) bond motifs is 1. The standard InChI is InChI=1S/C26H26N2O7S2/c1-28(37(30,31)19-8-10-21(33-3)23(15-19)35-5)17-6-11-24-16(12-17)13-25(36-24)26(29)27-20-9-7-18(32-2)14-22(20)34-4/h6-15H,1-5H3,(H,27,29). The lowest BCUT2D eigenvalue weighted by molar-refractivity contribution is 0.103. The van der Waals surface area contributed by atoms with Crippen molar-refractivity contribution in [3.8, 4) is 23.0 Å². The van der Waals surface area contributed by atoms with E-state index in [2.05, 4.69) is 5.32 Å². The SMILES string of the molecule is COc1ccc(NC(=O)c2cc3cc(N(C)S(=O)(=O)c4ccc(OC)c(OC)c4)ccc3s2)c(OC)c1. The number of thiophene rings is 1. The fraction of sp³-hybridized carbons (Fsp3) is 0.192. The molecule has 1 amide bonds. The molecule has 194 valence electrons. The van der Waals surface area contributed by atoms with Crippen LogP contribution in [0.2, 0.25) is 0 Å². The summed E-state index contributed by atoms with van der Waals surface area (Å²) in [4.78, 5) is 13.5. The first-order valence-electron chi connectivity index (χ1n) is 11.0. The number of nitrogens with one attached hydrogen (secondary N) is 1. The highest BCUT2D eigenvalue weighted by molar-refractivity contribution is 7.92. The minimum atomic E-state index is -3.88. The molecule has 0 saturated carbocycles. The molecular weight excluding hydrogens is 516 g/mol. The van der Waals surface area contributed by atoms with Gasteiger partial charge in [-0.25, -0.2) is 8.42 Å². The van der Waals surface area contributed by atoms with E-state index in [0.29, 0.717) is 39.2 Å². The molecule has 4 rings (SSSR count). The summed E-state index contributed by atoms with van der Waals surface area (Å²) in [7, 11) is 3.58. The molecule has 0 aliphatic heterocycles. The summed E-state index contributed by atoms with van der Waals surface area (Å²) in [5.74, 6) is 1.52. The maximum atomic E-state index is 13.3. The van der Waals surface area contributed by atoms with E-state index in [-0.39, 0.29) is 10.8 Å². The molecule has 0 atom stereocenters. The molecule has 1 heterocycles. The van der Waals surface area contributed by atoms with Gasteiger partial charge in [0.25, 0.3) is 15.9 Å². The molecule has 0 fully saturated rings. The lowest BCUT2D eigenvalue weighted by Gasteiger charge is -2.20. The van der Waals surface area contributed by atoms with Crippen molar-refractivity contribution in [3.63, 3.8) is 0 Å². The van der Waals surface area contributed by atoms with Gasteiger partial charge in [-0.2, -0.15) is 0 Å². The Bertz CT molecular complexity index is 1560. The van der Waals surface area contributed by atoms with Gasteiger partial charge < -0.3 is 24.3 Å². The molecule has 0 aliphatic rings. The molecule has 0 saturated heterocycles. The number of hydrogen-bond acceptors (Lipinski definition) is 8. The zero-order valence-electron chi connectivity index (χ0n) is 20.9. The molecule has 0 bridgehead atoms. The van der Waals surface area contributed by atoms with Gasteiger partial charge in [0.2, 0.25) is 0 Å². The summed E-state index contributed by atoms with van der Waals surface area (Å²) in [5, 5.41) is 3.60. The van der Waals surface area contributed by atoms with Gasteiger partial charge in [0.15, 0.2) is 11.5 Å². The fourth-order valence-electron chi connectivity index (χ4n) is 3.70. The van der Waals surface area contributed by atoms with Crippen molar-refractivity contribution >= 4 is 48.7 Å². The Morgan fingerprint density at radius 2 is 1.54 bits per heavy atom. The van der Waals surface area contributed by atoms with Crippen LogP contribution >= 0.6 is 11.3 Å². The Kier molecular flexibility index (Phi) is 7.46. The van der Waals surface area contributed by atoms with Crippen LogP contribution in [0.15, 0.2) is 65.6 Å². The number of methoxy groups -OCH3 is 4. The van der Waals surface area contributed by atoms with Gasteiger partial charge >= 0.3 is 0 Å². The third-order valence-corrected chi connectivity index (χ3v) is 8.65. The number of carbonyl (C=O) groups is 1. The molecule has 0 aliphatic carbocycles. The van der Waals surface area contributed by atoms with E-state index in [0.717, 1.165) is 10.1 Å². The van der Waals surface area contributed by atoms with Crippen molar-refractivity contribution < 1.29 is 32.2 Å². The van der Waals surface area contributed by atoms with Crippen LogP contribution in [0.4, 0.5) is 11.4 Å². The molecule has 4 aromatic rings. The molecule has 9 nitrogen and oxygen atoms in total. The monoisotopic (exact) mass is 542 g/mol. The number of benzene rings is 3. The number of hydrogen-bond donors (Lipinski definition) is 1. The summed E-state index contributed by atoms with van der Waals surface area (Å²) < 4.78 is 49.6. The molecule has 37 heavy (non-hydrogen) atoms. The average Bonchev–Trinajstić information content (AvgIpc) is 3.36. The van der Waals surface area contributed by atoms with Gasteiger partial charge in [-0.15, -0.1) is 11.3 Å². The smallest absolute Gasteiger partial charge is 0.265 e. The number of rotatable bonds is 9. The Morgan fingerprint density at radius 3 is 2.22 bits per heavy atom. The van der Waals surface area contributed by atoms with Gasteiger partial charge in [-0.3, -0.25) is 9.10 Å². The van der Waals surface area contributed by atoms with Crippen LogP contribution in [0, 0.1) is 0 Å². The highest BCUT2D eigenvalue weighted by Gasteiger charge is 2.24. The zero-order valence-corrected chi connectivity index (χ0v) is 22.5. The average molecular weight is 543 g/mol. The quantitative estimate of drug-likeness (QED) is 0.317. The first kappa shape index (κ1) is 26.1. The Labute approximate surface area is 219 Å². The number of nitrogens with zero attached hydrogens (tertiary/aromatic N) is 1. The van der Waals surface area contributed by atoms with Crippen molar-refractivity contribution in [2.45, 2.75) is 4.90 Å². The number of sulfonamides is 1. The van der Waals surface area contributed by atoms with Crippen molar-refractivity contribution in [1.82, 2.24) is 0 Å². The van der Waals surface area contributed by atoms with Gasteiger partial charge in [0.1, 0.15) is 11.5 Å². The van der Waals surface area contributed by atoms with E-state index in [9.17, 15) is 13.2 Å². The summed E-state index contributed by atoms with van der Waals surface area (Å²) in [5.41, 5.74) is 0.955. The maximum Gasteiger partial charge on any atom is 0.265 e. The highest BCUT2D eigenvalue weighted by Crippen LogP contribution is 2.35. The summed E-state index contributed by atoms with van der Waals surface area (Å²) in [6, 6.07) is 16.5. The topological polar surface area (TPSA) is 103 Å². The molecular formula is C26H26N2O7S2. The second-order valence-electron chi connectivity index (χ2n) is 7.84. The van der Waals surface area contributed by atoms with Crippen LogP contribution < -0.4 is 28.6 Å². The van der Waals surface area contributed by atoms with Crippen LogP contribution in [-0.4, -0.2) is 49.8 Å². The van der Waals surface area contributed by atoms with E-state index in [1.165, 1.54) is 56.2 Å². The third-order valence-electron chi connectivity index (χ3n) is 5.76. The Balaban J connectivity index is 1.60. The lowest BCUT2D eigenvalue weighted by Crippen LogP contribution is -2.26. The van der Waals surface area contributed by atoms with Gasteiger partial charge in [0, 0.05) is 23.9 Å². The minimum Gasteiger partial charge on any atom is -0.497 e. The van der Waals surface area contributed by atoms with Crippen LogP contribution in [-0.2, 0) is 10.0 Å². The van der Waals surface area contributed by atoms with E-state index in [4.69, 9.17) is 18.9 Å². The van der Waals surface area contributed by atoms with Crippen LogP contribution in [0.1, 0.15) is 9.67 Å². The molecule has 11 heteroatoms. The minimum absolute atomic E-state index is 0.0616. The largest absolute Gasteiger partial charge is 0.497 e. The Hall–Kier alpha value is -3.96. The van der Waals surface area contributed by atoms with Crippen molar-refractivity contribution in [2.75, 3.05) is 45.1 Å². The van der Waals surface area contributed by atoms with Gasteiger partial charge in [-0.1, -0.05) is 0 Å². The number of carbonyl (C=O) groups excluding carboxylic acids is 1. The molecule has 1 N–H and O–H groups in total. The third kappa shape index (κ3) is 5.13. The molecule has 0 unspecified atom stereocenters. The summed E-state index contributed by atoms with van der Waals surface area (Å²) >= 11 is 1.30. The predicted molar refractivity (Wildman–Crippen MR) is 144 cm³/mol. The van der Waals surface area contributed by atoms with E-state index in [1.807, 2.05) is 0 Å². The van der Waals surface area contributed by atoms with E-state index in [1.54, 1.807) is 55.6 Å². The maximum absolute atomic E-state index is 13.3. The fourth-order valence-corrected chi connectivity index (χ4v) is 5.84. The highest BCUT2D eigenvalue weighted by atomic mass is 32.2. The van der Waals surface area contributed by atoms with Crippen molar-refractivity contribution in [2.24, 2.45) is 0 Å². The second-order valence-corrected chi connectivity index (χ2v) is 10.9. The molecule has 3 aromatic carbocycles. The van der Waals surface area contributed by atoms with Gasteiger partial charge in [0.05, 0.1) is 49.6 Å². The lowest BCUT2D eigenvalue weighted by atomic mass is 10.2. The number of anilines is 2. The molecule has 0 spiro atoms. The molecule has 0 radical (unpaired) electrons.